The molecule has 86 valence electrons. The molecule has 6 heteroatoms. The number of carbonyl (C=O) groups is 1. The van der Waals surface area contributed by atoms with E-state index in [9.17, 15) is 9.90 Å². The van der Waals surface area contributed by atoms with Gasteiger partial charge >= 0.3 is 0 Å². The van der Waals surface area contributed by atoms with Gasteiger partial charge in [0, 0.05) is 6.20 Å². The minimum Gasteiger partial charge on any atom is -0.505 e. The van der Waals surface area contributed by atoms with E-state index >= 15 is 0 Å². The third-order valence-corrected chi connectivity index (χ3v) is 2.44. The van der Waals surface area contributed by atoms with Gasteiger partial charge in [0.05, 0.1) is 11.8 Å². The molecule has 2 rings (SSSR count). The van der Waals surface area contributed by atoms with Gasteiger partial charge in [0.15, 0.2) is 0 Å². The minimum atomic E-state index is -0.435. The summed E-state index contributed by atoms with van der Waals surface area (Å²) in [5.74, 6) is -0.198. The first-order chi connectivity index (χ1) is 8.16. The molecule has 0 aliphatic carbocycles. The molecule has 2 aromatic rings. The molecule has 2 N–H and O–H groups in total. The number of hydrogen-bond acceptors (Lipinski definition) is 4. The van der Waals surface area contributed by atoms with E-state index in [1.165, 1.54) is 18.5 Å². The van der Waals surface area contributed by atoms with Crippen LogP contribution in [0.2, 0.25) is 0 Å². The fraction of sp³-hybridized carbons (Fsp3) is 0. The van der Waals surface area contributed by atoms with Crippen molar-refractivity contribution in [1.29, 1.82) is 0 Å². The summed E-state index contributed by atoms with van der Waals surface area (Å²) in [6.07, 6.45) is 2.65. The number of amides is 1. The third-order valence-electron chi connectivity index (χ3n) is 2.00. The van der Waals surface area contributed by atoms with Crippen LogP contribution in [0.4, 0.5) is 5.82 Å². The van der Waals surface area contributed by atoms with E-state index in [0.29, 0.717) is 10.4 Å². The molecule has 0 unspecified atom stereocenters. The molecule has 0 bridgehead atoms. The second-order valence-corrected chi connectivity index (χ2v) is 4.00. The number of nitrogens with zero attached hydrogens (tertiary/aromatic N) is 2. The molecule has 0 aliphatic rings. The average Bonchev–Trinajstić information content (AvgIpc) is 2.29. The summed E-state index contributed by atoms with van der Waals surface area (Å²) in [5, 5.41) is 12.0. The van der Waals surface area contributed by atoms with E-state index in [4.69, 9.17) is 0 Å². The van der Waals surface area contributed by atoms with Crippen molar-refractivity contribution in [3.8, 4) is 5.75 Å². The van der Waals surface area contributed by atoms with Gasteiger partial charge in [-0.3, -0.25) is 9.78 Å². The predicted molar refractivity (Wildman–Crippen MR) is 65.8 cm³/mol. The monoisotopic (exact) mass is 293 g/mol. The van der Waals surface area contributed by atoms with E-state index in [0.717, 1.165) is 0 Å². The first-order valence-corrected chi connectivity index (χ1v) is 5.53. The highest BCUT2D eigenvalue weighted by atomic mass is 79.9. The predicted octanol–water partition coefficient (Wildman–Crippen LogP) is 2.20. The lowest BCUT2D eigenvalue weighted by Crippen LogP contribution is -2.13. The van der Waals surface area contributed by atoms with Crippen LogP contribution >= 0.6 is 15.9 Å². The lowest BCUT2D eigenvalue weighted by molar-refractivity contribution is 0.102. The Morgan fingerprint density at radius 3 is 2.88 bits per heavy atom. The van der Waals surface area contributed by atoms with Crippen molar-refractivity contribution in [2.75, 3.05) is 5.32 Å². The van der Waals surface area contributed by atoms with Gasteiger partial charge in [0.2, 0.25) is 0 Å². The van der Waals surface area contributed by atoms with Gasteiger partial charge in [-0.2, -0.15) is 0 Å². The third kappa shape index (κ3) is 2.79. The second kappa shape index (κ2) is 4.92. The van der Waals surface area contributed by atoms with Crippen LogP contribution in [0.5, 0.6) is 5.75 Å². The number of hydrogen-bond donors (Lipinski definition) is 2. The lowest BCUT2D eigenvalue weighted by atomic mass is 10.2. The van der Waals surface area contributed by atoms with Gasteiger partial charge < -0.3 is 10.4 Å². The molecular weight excluding hydrogens is 286 g/mol. The molecule has 2 heterocycles. The van der Waals surface area contributed by atoms with Crippen LogP contribution in [0.1, 0.15) is 10.4 Å². The number of pyridine rings is 2. The number of rotatable bonds is 2. The Morgan fingerprint density at radius 2 is 2.18 bits per heavy atom. The summed E-state index contributed by atoms with van der Waals surface area (Å²) in [5.41, 5.74) is 0.154. The SMILES string of the molecule is O=C(Nc1cccc(Br)n1)c1ccncc1O. The Balaban J connectivity index is 2.20. The number of anilines is 1. The molecule has 0 spiro atoms. The number of carbonyl (C=O) groups excluding carboxylic acids is 1. The molecule has 5 nitrogen and oxygen atoms in total. The van der Waals surface area contributed by atoms with E-state index in [1.54, 1.807) is 18.2 Å². The quantitative estimate of drug-likeness (QED) is 0.833. The van der Waals surface area contributed by atoms with Gasteiger partial charge in [0.25, 0.3) is 5.91 Å². The number of nitrogens with one attached hydrogen (secondary N) is 1. The molecule has 0 aromatic carbocycles. The maximum absolute atomic E-state index is 11.8. The summed E-state index contributed by atoms with van der Waals surface area (Å²) in [7, 11) is 0. The first-order valence-electron chi connectivity index (χ1n) is 4.74. The summed E-state index contributed by atoms with van der Waals surface area (Å²) < 4.78 is 0.620. The zero-order chi connectivity index (χ0) is 12.3. The van der Waals surface area contributed by atoms with Crippen molar-refractivity contribution >= 4 is 27.7 Å². The summed E-state index contributed by atoms with van der Waals surface area (Å²) in [6, 6.07) is 6.59. The van der Waals surface area contributed by atoms with E-state index in [2.05, 4.69) is 31.2 Å². The standard InChI is InChI=1S/C11H8BrN3O2/c12-9-2-1-3-10(14-9)15-11(17)7-4-5-13-6-8(7)16/h1-6,16H,(H,14,15,17). The van der Waals surface area contributed by atoms with E-state index in [-0.39, 0.29) is 11.3 Å². The molecule has 2 aromatic heterocycles. The van der Waals surface area contributed by atoms with Gasteiger partial charge in [-0.1, -0.05) is 6.07 Å². The molecule has 0 atom stereocenters. The zero-order valence-corrected chi connectivity index (χ0v) is 10.2. The maximum Gasteiger partial charge on any atom is 0.260 e. The molecule has 0 radical (unpaired) electrons. The van der Waals surface area contributed by atoms with E-state index in [1.807, 2.05) is 0 Å². The highest BCUT2D eigenvalue weighted by Crippen LogP contribution is 2.16. The average molecular weight is 294 g/mol. The van der Waals surface area contributed by atoms with Crippen LogP contribution in [-0.2, 0) is 0 Å². The van der Waals surface area contributed by atoms with Crippen molar-refractivity contribution < 1.29 is 9.90 Å². The topological polar surface area (TPSA) is 75.1 Å². The fourth-order valence-electron chi connectivity index (χ4n) is 1.24. The van der Waals surface area contributed by atoms with Crippen LogP contribution in [0.25, 0.3) is 0 Å². The van der Waals surface area contributed by atoms with Gasteiger partial charge in [0.1, 0.15) is 16.2 Å². The summed E-state index contributed by atoms with van der Waals surface area (Å²) in [4.78, 5) is 19.5. The van der Waals surface area contributed by atoms with Crippen molar-refractivity contribution in [2.24, 2.45) is 0 Å². The Bertz CT molecular complexity index is 560. The highest BCUT2D eigenvalue weighted by Gasteiger charge is 2.11. The first kappa shape index (κ1) is 11.5. The fourth-order valence-corrected chi connectivity index (χ4v) is 1.58. The van der Waals surface area contributed by atoms with Gasteiger partial charge in [-0.15, -0.1) is 0 Å². The molecule has 0 saturated heterocycles. The van der Waals surface area contributed by atoms with Crippen molar-refractivity contribution in [1.82, 2.24) is 9.97 Å². The Morgan fingerprint density at radius 1 is 1.35 bits per heavy atom. The van der Waals surface area contributed by atoms with Crippen LogP contribution in [0, 0.1) is 0 Å². The lowest BCUT2D eigenvalue weighted by Gasteiger charge is -2.05. The Hall–Kier alpha value is -1.95. The highest BCUT2D eigenvalue weighted by molar-refractivity contribution is 9.10. The Labute approximate surface area is 106 Å². The molecule has 17 heavy (non-hydrogen) atoms. The summed E-state index contributed by atoms with van der Waals surface area (Å²) >= 11 is 3.20. The number of aromatic hydroxyl groups is 1. The molecule has 0 saturated carbocycles. The van der Waals surface area contributed by atoms with E-state index < -0.39 is 5.91 Å². The molecule has 1 amide bonds. The van der Waals surface area contributed by atoms with Crippen LogP contribution < -0.4 is 5.32 Å². The summed E-state index contributed by atoms with van der Waals surface area (Å²) in [6.45, 7) is 0. The van der Waals surface area contributed by atoms with Crippen LogP contribution in [-0.4, -0.2) is 21.0 Å². The minimum absolute atomic E-state index is 0.154. The molecule has 0 aliphatic heterocycles. The van der Waals surface area contributed by atoms with Crippen LogP contribution in [0.3, 0.4) is 0 Å². The van der Waals surface area contributed by atoms with Crippen LogP contribution in [0.15, 0.2) is 41.3 Å². The normalized spacial score (nSPS) is 9.94. The molecule has 0 fully saturated rings. The number of halogens is 1. The van der Waals surface area contributed by atoms with Gasteiger partial charge in [-0.05, 0) is 34.1 Å². The van der Waals surface area contributed by atoms with Gasteiger partial charge in [-0.25, -0.2) is 4.98 Å². The Kier molecular flexibility index (Phi) is 3.34. The smallest absolute Gasteiger partial charge is 0.260 e. The molecular formula is C11H8BrN3O2. The maximum atomic E-state index is 11.8. The largest absolute Gasteiger partial charge is 0.505 e. The zero-order valence-electron chi connectivity index (χ0n) is 8.59. The van der Waals surface area contributed by atoms with Crippen molar-refractivity contribution in [3.05, 3.63) is 46.8 Å². The van der Waals surface area contributed by atoms with Crippen molar-refractivity contribution in [3.63, 3.8) is 0 Å². The second-order valence-electron chi connectivity index (χ2n) is 3.19. The van der Waals surface area contributed by atoms with Crippen molar-refractivity contribution in [2.45, 2.75) is 0 Å². The number of aromatic nitrogens is 2.